The molecule has 4 heteroatoms. The molecule has 1 aromatic carbocycles. The molecule has 1 heterocycles. The van der Waals surface area contributed by atoms with Crippen molar-refractivity contribution in [2.24, 2.45) is 5.73 Å². The highest BCUT2D eigenvalue weighted by Crippen LogP contribution is 2.36. The number of benzene rings is 1. The molecule has 0 spiro atoms. The number of ether oxygens (including phenoxy) is 1. The van der Waals surface area contributed by atoms with Gasteiger partial charge in [0.25, 0.3) is 0 Å². The Hall–Kier alpha value is -0.840. The van der Waals surface area contributed by atoms with E-state index in [0.29, 0.717) is 0 Å². The minimum absolute atomic E-state index is 0.0674. The summed E-state index contributed by atoms with van der Waals surface area (Å²) < 4.78 is 6.26. The molecule has 2 N–H and O–H groups in total. The highest BCUT2D eigenvalue weighted by atomic mass is 79.9. The molecule has 0 aliphatic heterocycles. The predicted molar refractivity (Wildman–Crippen MR) is 92.3 cm³/mol. The van der Waals surface area contributed by atoms with Crippen molar-refractivity contribution in [2.75, 3.05) is 7.11 Å². The van der Waals surface area contributed by atoms with Crippen LogP contribution in [0.5, 0.6) is 5.75 Å². The molecule has 3 rings (SSSR count). The highest BCUT2D eigenvalue weighted by molar-refractivity contribution is 9.10. The minimum atomic E-state index is -0.0674. The summed E-state index contributed by atoms with van der Waals surface area (Å²) in [5.41, 5.74) is 9.14. The Balaban J connectivity index is 1.90. The molecule has 1 atom stereocenters. The molecule has 0 radical (unpaired) electrons. The van der Waals surface area contributed by atoms with Crippen LogP contribution >= 0.6 is 27.3 Å². The maximum absolute atomic E-state index is 6.50. The number of nitrogens with two attached hydrogens (primary N) is 1. The van der Waals surface area contributed by atoms with Crippen LogP contribution in [-0.4, -0.2) is 7.11 Å². The van der Waals surface area contributed by atoms with Gasteiger partial charge in [0.15, 0.2) is 0 Å². The van der Waals surface area contributed by atoms with Gasteiger partial charge in [-0.05, 0) is 55.0 Å². The molecule has 21 heavy (non-hydrogen) atoms. The van der Waals surface area contributed by atoms with Gasteiger partial charge in [0.2, 0.25) is 0 Å². The maximum atomic E-state index is 6.50. The van der Waals surface area contributed by atoms with Gasteiger partial charge in [-0.1, -0.05) is 28.4 Å². The van der Waals surface area contributed by atoms with Crippen molar-refractivity contribution >= 4 is 27.3 Å². The standard InChI is InChI=1S/C17H20BrNOS/c1-20-12-7-8-13(14(18)10-12)17(19)16-9-11-5-3-2-4-6-15(11)21-16/h7-10,17H,2-6,19H2,1H3. The Morgan fingerprint density at radius 2 is 2.00 bits per heavy atom. The number of methoxy groups -OCH3 is 1. The lowest BCUT2D eigenvalue weighted by Gasteiger charge is -2.13. The van der Waals surface area contributed by atoms with Gasteiger partial charge in [-0.3, -0.25) is 0 Å². The molecule has 112 valence electrons. The fourth-order valence-electron chi connectivity index (χ4n) is 2.88. The molecule has 0 fully saturated rings. The minimum Gasteiger partial charge on any atom is -0.497 e. The van der Waals surface area contributed by atoms with Crippen molar-refractivity contribution < 1.29 is 4.74 Å². The summed E-state index contributed by atoms with van der Waals surface area (Å²) in [6.07, 6.45) is 6.41. The molecule has 2 nitrogen and oxygen atoms in total. The van der Waals surface area contributed by atoms with E-state index in [1.54, 1.807) is 12.0 Å². The summed E-state index contributed by atoms with van der Waals surface area (Å²) >= 11 is 5.51. The average molecular weight is 366 g/mol. The highest BCUT2D eigenvalue weighted by Gasteiger charge is 2.19. The lowest BCUT2D eigenvalue weighted by molar-refractivity contribution is 0.414. The summed E-state index contributed by atoms with van der Waals surface area (Å²) in [4.78, 5) is 2.82. The van der Waals surface area contributed by atoms with Gasteiger partial charge in [0.05, 0.1) is 13.2 Å². The molecule has 0 amide bonds. The third kappa shape index (κ3) is 3.17. The van der Waals surface area contributed by atoms with E-state index in [9.17, 15) is 0 Å². The monoisotopic (exact) mass is 365 g/mol. The van der Waals surface area contributed by atoms with E-state index in [1.165, 1.54) is 42.5 Å². The van der Waals surface area contributed by atoms with Crippen LogP contribution in [-0.2, 0) is 12.8 Å². The van der Waals surface area contributed by atoms with Gasteiger partial charge in [-0.25, -0.2) is 0 Å². The molecule has 1 aliphatic rings. The lowest BCUT2D eigenvalue weighted by Crippen LogP contribution is -2.11. The number of halogens is 1. The summed E-state index contributed by atoms with van der Waals surface area (Å²) in [5.74, 6) is 0.847. The topological polar surface area (TPSA) is 35.2 Å². The third-order valence-corrected chi connectivity index (χ3v) is 6.12. The van der Waals surface area contributed by atoms with E-state index in [2.05, 4.69) is 28.1 Å². The molecule has 1 aromatic heterocycles. The quantitative estimate of drug-likeness (QED) is 0.790. The second-order valence-electron chi connectivity index (χ2n) is 5.52. The SMILES string of the molecule is COc1ccc(C(N)c2cc3c(s2)CCCCC3)c(Br)c1. The Morgan fingerprint density at radius 1 is 1.19 bits per heavy atom. The summed E-state index contributed by atoms with van der Waals surface area (Å²) in [6, 6.07) is 8.26. The molecular weight excluding hydrogens is 346 g/mol. The molecule has 0 bridgehead atoms. The van der Waals surface area contributed by atoms with Gasteiger partial charge in [-0.2, -0.15) is 0 Å². The van der Waals surface area contributed by atoms with Crippen LogP contribution in [0.1, 0.15) is 46.2 Å². The Bertz CT molecular complexity index is 614. The Labute approximate surface area is 138 Å². The van der Waals surface area contributed by atoms with E-state index < -0.39 is 0 Å². The van der Waals surface area contributed by atoms with E-state index >= 15 is 0 Å². The van der Waals surface area contributed by atoms with Crippen LogP contribution < -0.4 is 10.5 Å². The number of thiophene rings is 1. The fourth-order valence-corrected chi connectivity index (χ4v) is 4.77. The fraction of sp³-hybridized carbons (Fsp3) is 0.412. The average Bonchev–Trinajstić information content (AvgIpc) is 2.77. The number of hydrogen-bond donors (Lipinski definition) is 1. The van der Waals surface area contributed by atoms with E-state index in [-0.39, 0.29) is 6.04 Å². The third-order valence-electron chi connectivity index (χ3n) is 4.11. The molecule has 2 aromatic rings. The van der Waals surface area contributed by atoms with Crippen LogP contribution in [0.15, 0.2) is 28.7 Å². The summed E-state index contributed by atoms with van der Waals surface area (Å²) in [7, 11) is 1.68. The van der Waals surface area contributed by atoms with Crippen LogP contribution in [0.25, 0.3) is 0 Å². The largest absolute Gasteiger partial charge is 0.497 e. The first kappa shape index (κ1) is 15.1. The second kappa shape index (κ2) is 6.51. The van der Waals surface area contributed by atoms with E-state index in [4.69, 9.17) is 10.5 Å². The molecule has 1 unspecified atom stereocenters. The van der Waals surface area contributed by atoms with Crippen molar-refractivity contribution in [1.82, 2.24) is 0 Å². The first-order valence-corrected chi connectivity index (χ1v) is 9.00. The van der Waals surface area contributed by atoms with Gasteiger partial charge in [-0.15, -0.1) is 11.3 Å². The Kier molecular flexibility index (Phi) is 4.67. The van der Waals surface area contributed by atoms with Crippen LogP contribution in [0.3, 0.4) is 0 Å². The lowest BCUT2D eigenvalue weighted by atomic mass is 10.0. The summed E-state index contributed by atoms with van der Waals surface area (Å²) in [5, 5.41) is 0. The van der Waals surface area contributed by atoms with Crippen molar-refractivity contribution in [3.8, 4) is 5.75 Å². The maximum Gasteiger partial charge on any atom is 0.120 e. The van der Waals surface area contributed by atoms with Gasteiger partial charge in [0.1, 0.15) is 5.75 Å². The zero-order valence-corrected chi connectivity index (χ0v) is 14.6. The van der Waals surface area contributed by atoms with Gasteiger partial charge in [0, 0.05) is 14.2 Å². The number of rotatable bonds is 3. The van der Waals surface area contributed by atoms with Crippen molar-refractivity contribution in [1.29, 1.82) is 0 Å². The van der Waals surface area contributed by atoms with Crippen LogP contribution in [0.2, 0.25) is 0 Å². The zero-order valence-electron chi connectivity index (χ0n) is 12.2. The normalized spacial score (nSPS) is 16.1. The Morgan fingerprint density at radius 3 is 2.76 bits per heavy atom. The van der Waals surface area contributed by atoms with E-state index in [1.807, 2.05) is 23.5 Å². The number of hydrogen-bond acceptors (Lipinski definition) is 3. The van der Waals surface area contributed by atoms with Crippen molar-refractivity contribution in [3.63, 3.8) is 0 Å². The van der Waals surface area contributed by atoms with Crippen LogP contribution in [0, 0.1) is 0 Å². The van der Waals surface area contributed by atoms with Crippen molar-refractivity contribution in [3.05, 3.63) is 49.6 Å². The predicted octanol–water partition coefficient (Wildman–Crippen LogP) is 4.84. The smallest absolute Gasteiger partial charge is 0.120 e. The molecule has 0 saturated heterocycles. The van der Waals surface area contributed by atoms with Gasteiger partial charge < -0.3 is 10.5 Å². The first-order valence-electron chi connectivity index (χ1n) is 7.39. The molecule has 0 saturated carbocycles. The first-order chi connectivity index (χ1) is 10.2. The number of aryl methyl sites for hydroxylation is 2. The zero-order chi connectivity index (χ0) is 14.8. The van der Waals surface area contributed by atoms with Crippen molar-refractivity contribution in [2.45, 2.75) is 38.1 Å². The summed E-state index contributed by atoms with van der Waals surface area (Å²) in [6.45, 7) is 0. The number of fused-ring (bicyclic) bond motifs is 1. The van der Waals surface area contributed by atoms with Crippen LogP contribution in [0.4, 0.5) is 0 Å². The molecule has 1 aliphatic carbocycles. The second-order valence-corrected chi connectivity index (χ2v) is 7.55. The van der Waals surface area contributed by atoms with Gasteiger partial charge >= 0.3 is 0 Å². The molecular formula is C17H20BrNOS. The van der Waals surface area contributed by atoms with E-state index in [0.717, 1.165) is 15.8 Å².